The molecule has 0 amide bonds. The maximum Gasteiger partial charge on any atom is 0.263 e. The molecule has 0 fully saturated rings. The molecule has 30 heavy (non-hydrogen) atoms. The highest BCUT2D eigenvalue weighted by Gasteiger charge is 2.22. The van der Waals surface area contributed by atoms with Crippen LogP contribution in [-0.2, 0) is 25.8 Å². The molecule has 1 aliphatic carbocycles. The van der Waals surface area contributed by atoms with E-state index in [9.17, 15) is 4.79 Å². The van der Waals surface area contributed by atoms with E-state index in [0.717, 1.165) is 46.0 Å². The van der Waals surface area contributed by atoms with Gasteiger partial charge in [-0.3, -0.25) is 9.36 Å². The van der Waals surface area contributed by atoms with Crippen LogP contribution in [0.2, 0.25) is 0 Å². The number of hydrogen-bond acceptors (Lipinski definition) is 4. The van der Waals surface area contributed by atoms with E-state index in [2.05, 4.69) is 36.4 Å². The van der Waals surface area contributed by atoms with E-state index in [1.54, 1.807) is 23.1 Å². The first-order chi connectivity index (χ1) is 14.8. The Morgan fingerprint density at radius 3 is 2.40 bits per heavy atom. The predicted molar refractivity (Wildman–Crippen MR) is 127 cm³/mol. The van der Waals surface area contributed by atoms with Crippen LogP contribution >= 0.6 is 23.1 Å². The van der Waals surface area contributed by atoms with Crippen molar-refractivity contribution < 1.29 is 0 Å². The fourth-order valence-electron chi connectivity index (χ4n) is 4.14. The highest BCUT2D eigenvalue weighted by molar-refractivity contribution is 7.99. The highest BCUT2D eigenvalue weighted by Crippen LogP contribution is 2.34. The first-order valence-electron chi connectivity index (χ1n) is 10.6. The molecule has 0 aliphatic heterocycles. The second-order valence-corrected chi connectivity index (χ2v) is 9.89. The monoisotopic (exact) mass is 432 g/mol. The molecule has 0 unspecified atom stereocenters. The zero-order valence-electron chi connectivity index (χ0n) is 16.8. The minimum absolute atomic E-state index is 0.130. The summed E-state index contributed by atoms with van der Waals surface area (Å²) in [6, 6.07) is 20.7. The van der Waals surface area contributed by atoms with E-state index >= 15 is 0 Å². The van der Waals surface area contributed by atoms with Gasteiger partial charge in [0.1, 0.15) is 4.83 Å². The molecule has 0 N–H and O–H groups in total. The lowest BCUT2D eigenvalue weighted by molar-refractivity contribution is 0.656. The Morgan fingerprint density at radius 1 is 0.933 bits per heavy atom. The highest BCUT2D eigenvalue weighted by atomic mass is 32.2. The molecule has 0 bridgehead atoms. The van der Waals surface area contributed by atoms with E-state index in [1.807, 2.05) is 28.8 Å². The van der Waals surface area contributed by atoms with Crippen LogP contribution in [0.3, 0.4) is 0 Å². The minimum Gasteiger partial charge on any atom is -0.283 e. The number of aryl methyl sites for hydroxylation is 3. The maximum atomic E-state index is 13.6. The Morgan fingerprint density at radius 2 is 1.63 bits per heavy atom. The molecule has 0 spiro atoms. The Kier molecular flexibility index (Phi) is 5.73. The zero-order chi connectivity index (χ0) is 20.3. The molecule has 5 heteroatoms. The average molecular weight is 433 g/mol. The molecule has 152 valence electrons. The fourth-order valence-corrected chi connectivity index (χ4v) is 6.43. The third-order valence-corrected chi connectivity index (χ3v) is 7.85. The molecule has 2 heterocycles. The van der Waals surface area contributed by atoms with Gasteiger partial charge in [0.25, 0.3) is 5.56 Å². The normalized spacial score (nSPS) is 13.5. The van der Waals surface area contributed by atoms with Crippen LogP contribution < -0.4 is 5.56 Å². The molecule has 0 atom stereocenters. The predicted octanol–water partition coefficient (Wildman–Crippen LogP) is 5.72. The molecule has 5 rings (SSSR count). The number of fused-ring (bicyclic) bond motifs is 3. The average Bonchev–Trinajstić information content (AvgIpc) is 3.16. The van der Waals surface area contributed by atoms with Crippen LogP contribution in [0.1, 0.15) is 34.4 Å². The van der Waals surface area contributed by atoms with Gasteiger partial charge < -0.3 is 0 Å². The molecule has 0 saturated heterocycles. The van der Waals surface area contributed by atoms with Crippen LogP contribution in [0.4, 0.5) is 0 Å². The topological polar surface area (TPSA) is 34.9 Å². The number of hydrogen-bond donors (Lipinski definition) is 0. The lowest BCUT2D eigenvalue weighted by Crippen LogP contribution is -2.24. The van der Waals surface area contributed by atoms with Crippen molar-refractivity contribution in [3.8, 4) is 0 Å². The summed E-state index contributed by atoms with van der Waals surface area (Å²) < 4.78 is 1.90. The maximum absolute atomic E-state index is 13.6. The van der Waals surface area contributed by atoms with Crippen molar-refractivity contribution in [1.82, 2.24) is 9.55 Å². The van der Waals surface area contributed by atoms with Crippen LogP contribution in [-0.4, -0.2) is 15.3 Å². The van der Waals surface area contributed by atoms with E-state index in [-0.39, 0.29) is 5.56 Å². The lowest BCUT2D eigenvalue weighted by Gasteiger charge is -2.14. The summed E-state index contributed by atoms with van der Waals surface area (Å²) in [6.07, 6.45) is 5.45. The summed E-state index contributed by atoms with van der Waals surface area (Å²) in [4.78, 5) is 21.0. The second-order valence-electron chi connectivity index (χ2n) is 7.75. The molecule has 1 aliphatic rings. The first-order valence-corrected chi connectivity index (χ1v) is 12.4. The zero-order valence-corrected chi connectivity index (χ0v) is 18.5. The molecular weight excluding hydrogens is 408 g/mol. The number of benzene rings is 2. The van der Waals surface area contributed by atoms with Gasteiger partial charge >= 0.3 is 0 Å². The minimum atomic E-state index is 0.130. The summed E-state index contributed by atoms with van der Waals surface area (Å²) in [5.74, 6) is 0.905. The number of thiophene rings is 1. The largest absolute Gasteiger partial charge is 0.283 e. The summed E-state index contributed by atoms with van der Waals surface area (Å²) in [6.45, 7) is 0.570. The molecule has 0 saturated carbocycles. The summed E-state index contributed by atoms with van der Waals surface area (Å²) in [5, 5.41) is 1.71. The van der Waals surface area contributed by atoms with E-state index in [1.165, 1.54) is 28.8 Å². The van der Waals surface area contributed by atoms with Gasteiger partial charge in [-0.25, -0.2) is 4.98 Å². The Bertz CT molecular complexity index is 1210. The third-order valence-electron chi connectivity index (χ3n) is 5.69. The van der Waals surface area contributed by atoms with Crippen molar-refractivity contribution in [2.45, 2.75) is 43.8 Å². The van der Waals surface area contributed by atoms with Gasteiger partial charge in [-0.05, 0) is 48.8 Å². The molecule has 0 radical (unpaired) electrons. The van der Waals surface area contributed by atoms with Crippen molar-refractivity contribution in [2.24, 2.45) is 0 Å². The molecular formula is C25H24N2OS2. The van der Waals surface area contributed by atoms with Gasteiger partial charge in [-0.15, -0.1) is 11.3 Å². The molecule has 2 aromatic carbocycles. The Hall–Kier alpha value is -2.37. The summed E-state index contributed by atoms with van der Waals surface area (Å²) in [7, 11) is 0. The van der Waals surface area contributed by atoms with Gasteiger partial charge in [-0.1, -0.05) is 72.4 Å². The van der Waals surface area contributed by atoms with Gasteiger partial charge in [-0.2, -0.15) is 0 Å². The first kappa shape index (κ1) is 19.6. The quantitative estimate of drug-likeness (QED) is 0.289. The lowest BCUT2D eigenvalue weighted by atomic mass is 9.97. The van der Waals surface area contributed by atoms with Crippen LogP contribution in [0.5, 0.6) is 0 Å². The second kappa shape index (κ2) is 8.78. The van der Waals surface area contributed by atoms with Crippen LogP contribution in [0.25, 0.3) is 10.2 Å². The molecule has 4 aromatic rings. The molecule has 3 nitrogen and oxygen atoms in total. The van der Waals surface area contributed by atoms with Gasteiger partial charge in [0.05, 0.1) is 11.9 Å². The third kappa shape index (κ3) is 3.96. The molecule has 2 aromatic heterocycles. The fraction of sp³-hybridized carbons (Fsp3) is 0.280. The Balaban J connectivity index is 1.53. The number of rotatable bonds is 6. The van der Waals surface area contributed by atoms with E-state index in [0.29, 0.717) is 6.54 Å². The summed E-state index contributed by atoms with van der Waals surface area (Å²) in [5.41, 5.74) is 3.84. The summed E-state index contributed by atoms with van der Waals surface area (Å²) >= 11 is 3.43. The number of nitrogens with zero attached hydrogens (tertiary/aromatic N) is 2. The van der Waals surface area contributed by atoms with Gasteiger partial charge in [0.15, 0.2) is 5.16 Å². The van der Waals surface area contributed by atoms with Crippen molar-refractivity contribution in [3.05, 3.63) is 92.6 Å². The van der Waals surface area contributed by atoms with Crippen molar-refractivity contribution in [1.29, 1.82) is 0 Å². The van der Waals surface area contributed by atoms with Crippen molar-refractivity contribution in [2.75, 3.05) is 5.75 Å². The number of aromatic nitrogens is 2. The van der Waals surface area contributed by atoms with Gasteiger partial charge in [0.2, 0.25) is 0 Å². The van der Waals surface area contributed by atoms with E-state index in [4.69, 9.17) is 4.98 Å². The number of thioether (sulfide) groups is 1. The van der Waals surface area contributed by atoms with Crippen LogP contribution in [0.15, 0.2) is 70.6 Å². The van der Waals surface area contributed by atoms with Gasteiger partial charge in [0, 0.05) is 10.6 Å². The standard InChI is InChI=1S/C25H24N2OS2/c28-24-22-20-13-7-8-14-21(20)30-23(22)26-25(27(24)17-19-11-5-2-6-12-19)29-16-15-18-9-3-1-4-10-18/h1-6,9-12H,7-8,13-17H2. The van der Waals surface area contributed by atoms with Crippen molar-refractivity contribution >= 4 is 33.3 Å². The van der Waals surface area contributed by atoms with Crippen molar-refractivity contribution in [3.63, 3.8) is 0 Å². The van der Waals surface area contributed by atoms with E-state index < -0.39 is 0 Å². The Labute approximate surface area is 184 Å². The van der Waals surface area contributed by atoms with Crippen LogP contribution in [0, 0.1) is 0 Å². The smallest absolute Gasteiger partial charge is 0.263 e. The SMILES string of the molecule is O=c1c2c3c(sc2nc(SCCc2ccccc2)n1Cc1ccccc1)CCCC3.